The fourth-order valence-electron chi connectivity index (χ4n) is 3.12. The second kappa shape index (κ2) is 5.30. The van der Waals surface area contributed by atoms with Crippen LogP contribution in [0.1, 0.15) is 25.3 Å². The summed E-state index contributed by atoms with van der Waals surface area (Å²) in [6, 6.07) is 10.2. The maximum atomic E-state index is 13.3. The Hall–Kier alpha value is -2.95. The fourth-order valence-corrected chi connectivity index (χ4v) is 3.12. The first-order valence-electron chi connectivity index (χ1n) is 7.80. The summed E-state index contributed by atoms with van der Waals surface area (Å²) in [4.78, 5) is 0. The summed E-state index contributed by atoms with van der Waals surface area (Å²) in [6.07, 6.45) is 3.42. The molecule has 0 bridgehead atoms. The molecule has 4 aromatic rings. The summed E-state index contributed by atoms with van der Waals surface area (Å²) in [5.41, 5.74) is 4.27. The summed E-state index contributed by atoms with van der Waals surface area (Å²) in [6.45, 7) is 4.14. The molecule has 0 atom stereocenters. The number of aromatic nitrogens is 3. The van der Waals surface area contributed by atoms with Gasteiger partial charge in [-0.3, -0.25) is 0 Å². The molecular weight excluding hydrogens is 305 g/mol. The molecule has 0 saturated carbocycles. The van der Waals surface area contributed by atoms with E-state index < -0.39 is 0 Å². The van der Waals surface area contributed by atoms with Gasteiger partial charge in [-0.1, -0.05) is 26.0 Å². The highest BCUT2D eigenvalue weighted by atomic mass is 19.1. The van der Waals surface area contributed by atoms with Crippen LogP contribution in [0.2, 0.25) is 0 Å². The van der Waals surface area contributed by atoms with Gasteiger partial charge in [0.15, 0.2) is 0 Å². The number of rotatable bonds is 2. The Labute approximate surface area is 138 Å². The molecule has 4 rings (SSSR count). The molecule has 0 unspecified atom stereocenters. The highest BCUT2D eigenvalue weighted by Gasteiger charge is 2.17. The van der Waals surface area contributed by atoms with E-state index in [2.05, 4.69) is 24.0 Å². The van der Waals surface area contributed by atoms with Crippen LogP contribution in [0.25, 0.3) is 32.9 Å². The van der Waals surface area contributed by atoms with E-state index >= 15 is 0 Å². The van der Waals surface area contributed by atoms with Gasteiger partial charge in [0.05, 0.1) is 17.2 Å². The maximum absolute atomic E-state index is 13.3. The van der Waals surface area contributed by atoms with Gasteiger partial charge >= 0.3 is 0 Å². The molecule has 120 valence electrons. The van der Waals surface area contributed by atoms with Crippen molar-refractivity contribution in [2.24, 2.45) is 0 Å². The molecule has 0 radical (unpaired) electrons. The molecule has 0 fully saturated rings. The maximum Gasteiger partial charge on any atom is 0.123 e. The normalized spacial score (nSPS) is 11.7. The van der Waals surface area contributed by atoms with E-state index in [1.807, 2.05) is 12.1 Å². The minimum absolute atomic E-state index is 0.194. The third-order valence-electron chi connectivity index (χ3n) is 4.33. The molecule has 0 aliphatic rings. The van der Waals surface area contributed by atoms with E-state index in [1.54, 1.807) is 24.5 Å². The lowest BCUT2D eigenvalue weighted by molar-refractivity contribution is 0.197. The van der Waals surface area contributed by atoms with Crippen molar-refractivity contribution in [3.05, 3.63) is 60.2 Å². The third-order valence-corrected chi connectivity index (χ3v) is 4.33. The summed E-state index contributed by atoms with van der Waals surface area (Å²) in [5, 5.41) is 20.2. The molecule has 2 aromatic carbocycles. The molecule has 5 heteroatoms. The zero-order chi connectivity index (χ0) is 16.8. The molecular formula is C19H16FN3O. The number of hydrogen-bond donors (Lipinski definition) is 1. The van der Waals surface area contributed by atoms with Gasteiger partial charge in [-0.05, 0) is 46.9 Å². The molecule has 4 nitrogen and oxygen atoms in total. The second-order valence-electron chi connectivity index (χ2n) is 6.24. The minimum Gasteiger partial charge on any atom is -0.428 e. The Morgan fingerprint density at radius 3 is 2.58 bits per heavy atom. The molecule has 2 heterocycles. The zero-order valence-corrected chi connectivity index (χ0v) is 13.4. The monoisotopic (exact) mass is 321 g/mol. The van der Waals surface area contributed by atoms with E-state index in [0.717, 1.165) is 37.7 Å². The second-order valence-corrected chi connectivity index (χ2v) is 6.24. The van der Waals surface area contributed by atoms with Crippen LogP contribution in [-0.2, 0) is 0 Å². The molecule has 1 N–H and O–H groups in total. The Morgan fingerprint density at radius 2 is 1.88 bits per heavy atom. The first-order chi connectivity index (χ1) is 11.5. The van der Waals surface area contributed by atoms with Crippen LogP contribution in [-0.4, -0.2) is 20.1 Å². The Morgan fingerprint density at radius 1 is 1.12 bits per heavy atom. The summed E-state index contributed by atoms with van der Waals surface area (Å²) in [5.74, 6) is -0.0754. The number of hydrogen-bond acceptors (Lipinski definition) is 3. The predicted molar refractivity (Wildman–Crippen MR) is 91.7 cm³/mol. The van der Waals surface area contributed by atoms with E-state index in [1.165, 1.54) is 12.1 Å². The van der Waals surface area contributed by atoms with Crippen LogP contribution in [0.15, 0.2) is 48.8 Å². The lowest BCUT2D eigenvalue weighted by atomic mass is 9.90. The Kier molecular flexibility index (Phi) is 3.23. The van der Waals surface area contributed by atoms with Gasteiger partial charge in [-0.25, -0.2) is 4.39 Å². The minimum atomic E-state index is -0.269. The molecule has 0 saturated heterocycles. The predicted octanol–water partition coefficient (Wildman–Crippen LogP) is 4.75. The highest BCUT2D eigenvalue weighted by Crippen LogP contribution is 2.37. The molecule has 24 heavy (non-hydrogen) atoms. The standard InChI is InChI=1S/C19H16FN3O/c1-11(2)16-10-23(24)18-8-17-13(9-21-22-17)7-15(18)19(16)12-3-5-14(20)6-4-12/h3-11,24H,1-2H3. The molecule has 0 aliphatic carbocycles. The van der Waals surface area contributed by atoms with Crippen molar-refractivity contribution < 1.29 is 9.60 Å². The SMILES string of the molecule is CC(C)c1cn(O)c2cc3nncc3cc2c1-c1ccc(F)cc1. The quantitative estimate of drug-likeness (QED) is 0.542. The smallest absolute Gasteiger partial charge is 0.123 e. The van der Waals surface area contributed by atoms with Crippen molar-refractivity contribution in [2.75, 3.05) is 0 Å². The number of halogens is 1. The van der Waals surface area contributed by atoms with Gasteiger partial charge in [0, 0.05) is 17.0 Å². The lowest BCUT2D eigenvalue weighted by Crippen LogP contribution is -2.03. The van der Waals surface area contributed by atoms with Crippen LogP contribution >= 0.6 is 0 Å². The molecule has 0 spiro atoms. The average molecular weight is 321 g/mol. The number of pyridine rings is 1. The van der Waals surface area contributed by atoms with Gasteiger partial charge in [0.2, 0.25) is 0 Å². The largest absolute Gasteiger partial charge is 0.428 e. The van der Waals surface area contributed by atoms with Crippen molar-refractivity contribution in [2.45, 2.75) is 19.8 Å². The van der Waals surface area contributed by atoms with Crippen molar-refractivity contribution in [1.82, 2.24) is 14.9 Å². The number of fused-ring (bicyclic) bond motifs is 2. The van der Waals surface area contributed by atoms with Gasteiger partial charge < -0.3 is 5.21 Å². The van der Waals surface area contributed by atoms with Crippen molar-refractivity contribution in [3.8, 4) is 11.1 Å². The summed E-state index contributed by atoms with van der Waals surface area (Å²) < 4.78 is 14.5. The average Bonchev–Trinajstić information content (AvgIpc) is 3.01. The van der Waals surface area contributed by atoms with Crippen LogP contribution < -0.4 is 0 Å². The van der Waals surface area contributed by atoms with Crippen LogP contribution in [0, 0.1) is 5.82 Å². The number of benzene rings is 2. The van der Waals surface area contributed by atoms with Crippen molar-refractivity contribution in [1.29, 1.82) is 0 Å². The van der Waals surface area contributed by atoms with Gasteiger partial charge in [0.1, 0.15) is 5.82 Å². The summed E-state index contributed by atoms with van der Waals surface area (Å²) >= 11 is 0. The molecule has 2 aromatic heterocycles. The number of nitrogens with zero attached hydrogens (tertiary/aromatic N) is 3. The first kappa shape index (κ1) is 14.6. The van der Waals surface area contributed by atoms with Crippen LogP contribution in [0.3, 0.4) is 0 Å². The van der Waals surface area contributed by atoms with Gasteiger partial charge in [-0.2, -0.15) is 14.9 Å². The highest BCUT2D eigenvalue weighted by molar-refractivity contribution is 6.03. The zero-order valence-electron chi connectivity index (χ0n) is 13.4. The van der Waals surface area contributed by atoms with Gasteiger partial charge in [-0.15, -0.1) is 0 Å². The molecule has 0 amide bonds. The Balaban J connectivity index is 2.16. The topological polar surface area (TPSA) is 50.9 Å². The van der Waals surface area contributed by atoms with E-state index in [-0.39, 0.29) is 11.7 Å². The van der Waals surface area contributed by atoms with Crippen LogP contribution in [0.4, 0.5) is 4.39 Å². The fraction of sp³-hybridized carbons (Fsp3) is 0.158. The van der Waals surface area contributed by atoms with E-state index in [0.29, 0.717) is 5.52 Å². The Bertz CT molecular complexity index is 1050. The first-order valence-corrected chi connectivity index (χ1v) is 7.80. The van der Waals surface area contributed by atoms with Gasteiger partial charge in [0.25, 0.3) is 0 Å². The van der Waals surface area contributed by atoms with Crippen molar-refractivity contribution >= 4 is 21.8 Å². The third kappa shape index (κ3) is 2.21. The molecule has 0 aliphatic heterocycles. The van der Waals surface area contributed by atoms with Crippen molar-refractivity contribution in [3.63, 3.8) is 0 Å². The summed E-state index contributed by atoms with van der Waals surface area (Å²) in [7, 11) is 0. The van der Waals surface area contributed by atoms with E-state index in [9.17, 15) is 9.60 Å². The van der Waals surface area contributed by atoms with Crippen LogP contribution in [0.5, 0.6) is 0 Å². The lowest BCUT2D eigenvalue weighted by Gasteiger charge is -2.18. The van der Waals surface area contributed by atoms with E-state index in [4.69, 9.17) is 0 Å².